The highest BCUT2D eigenvalue weighted by atomic mass is 35.5. The highest BCUT2D eigenvalue weighted by molar-refractivity contribution is 6.32. The van der Waals surface area contributed by atoms with E-state index in [1.807, 2.05) is 24.3 Å². The van der Waals surface area contributed by atoms with E-state index in [1.165, 1.54) is 6.08 Å². The van der Waals surface area contributed by atoms with E-state index >= 15 is 0 Å². The molecule has 2 aromatic carbocycles. The Balaban J connectivity index is 1.75. The third-order valence-corrected chi connectivity index (χ3v) is 4.43. The fraction of sp³-hybridized carbons (Fsp3) is 0.158. The Morgan fingerprint density at radius 1 is 1.12 bits per heavy atom. The molecule has 122 valence electrons. The van der Waals surface area contributed by atoms with Gasteiger partial charge in [0, 0.05) is 24.2 Å². The van der Waals surface area contributed by atoms with E-state index in [4.69, 9.17) is 16.7 Å². The van der Waals surface area contributed by atoms with Crippen molar-refractivity contribution in [3.8, 4) is 0 Å². The number of rotatable bonds is 3. The number of carbonyl (C=O) groups excluding carboxylic acids is 1. The van der Waals surface area contributed by atoms with E-state index in [2.05, 4.69) is 0 Å². The van der Waals surface area contributed by atoms with E-state index < -0.39 is 5.97 Å². The van der Waals surface area contributed by atoms with Crippen LogP contribution in [0.1, 0.15) is 27.0 Å². The number of aromatic carboxylic acids is 1. The minimum absolute atomic E-state index is 0.110. The van der Waals surface area contributed by atoms with Gasteiger partial charge in [-0.3, -0.25) is 4.79 Å². The molecule has 0 fully saturated rings. The fourth-order valence-electron chi connectivity index (χ4n) is 2.75. The number of hydrogen-bond acceptors (Lipinski definition) is 2. The summed E-state index contributed by atoms with van der Waals surface area (Å²) in [5.41, 5.74) is 3.02. The molecule has 1 N–H and O–H groups in total. The minimum Gasteiger partial charge on any atom is -0.478 e. The van der Waals surface area contributed by atoms with Gasteiger partial charge in [0.1, 0.15) is 0 Å². The summed E-state index contributed by atoms with van der Waals surface area (Å²) in [5, 5.41) is 9.69. The van der Waals surface area contributed by atoms with E-state index in [-0.39, 0.29) is 11.5 Å². The Hall–Kier alpha value is -2.59. The molecule has 3 rings (SSSR count). The van der Waals surface area contributed by atoms with Crippen LogP contribution in [0, 0.1) is 0 Å². The Bertz CT molecular complexity index is 829. The zero-order valence-corrected chi connectivity index (χ0v) is 13.7. The Labute approximate surface area is 145 Å². The van der Waals surface area contributed by atoms with E-state index in [1.54, 1.807) is 29.2 Å². The standard InChI is InChI=1S/C19H16ClNO3/c20-17-4-2-1-3-14(17)7-8-18(22)21-10-9-13-5-6-15(19(23)24)11-16(13)12-21/h1-8,11H,9-10,12H2,(H,23,24)/b8-7+. The van der Waals surface area contributed by atoms with Crippen LogP contribution >= 0.6 is 11.6 Å². The molecule has 1 amide bonds. The molecule has 1 heterocycles. The zero-order chi connectivity index (χ0) is 17.1. The molecule has 0 saturated carbocycles. The first kappa shape index (κ1) is 16.3. The van der Waals surface area contributed by atoms with Crippen LogP contribution in [0.2, 0.25) is 5.02 Å². The molecule has 0 atom stereocenters. The molecule has 0 spiro atoms. The normalized spacial score (nSPS) is 13.8. The topological polar surface area (TPSA) is 57.6 Å². The Morgan fingerprint density at radius 2 is 1.92 bits per heavy atom. The van der Waals surface area contributed by atoms with Crippen LogP contribution in [0.25, 0.3) is 6.08 Å². The van der Waals surface area contributed by atoms with Crippen LogP contribution in [-0.2, 0) is 17.8 Å². The van der Waals surface area contributed by atoms with Crippen LogP contribution in [0.15, 0.2) is 48.5 Å². The van der Waals surface area contributed by atoms with Crippen molar-refractivity contribution in [3.05, 3.63) is 75.8 Å². The van der Waals surface area contributed by atoms with Gasteiger partial charge in [-0.2, -0.15) is 0 Å². The number of carboxylic acids is 1. The van der Waals surface area contributed by atoms with Gasteiger partial charge in [-0.25, -0.2) is 4.79 Å². The molecule has 5 heteroatoms. The van der Waals surface area contributed by atoms with Crippen LogP contribution in [0.4, 0.5) is 0 Å². The van der Waals surface area contributed by atoms with Gasteiger partial charge < -0.3 is 10.0 Å². The molecule has 1 aliphatic heterocycles. The first-order valence-corrected chi connectivity index (χ1v) is 7.99. The van der Waals surface area contributed by atoms with Crippen molar-refractivity contribution in [2.45, 2.75) is 13.0 Å². The maximum absolute atomic E-state index is 12.4. The highest BCUT2D eigenvalue weighted by Crippen LogP contribution is 2.21. The van der Waals surface area contributed by atoms with Crippen molar-refractivity contribution >= 4 is 29.6 Å². The minimum atomic E-state index is -0.958. The smallest absolute Gasteiger partial charge is 0.335 e. The van der Waals surface area contributed by atoms with Gasteiger partial charge in [0.05, 0.1) is 5.56 Å². The van der Waals surface area contributed by atoms with E-state index in [0.29, 0.717) is 18.1 Å². The number of nitrogens with zero attached hydrogens (tertiary/aromatic N) is 1. The molecule has 0 aromatic heterocycles. The number of carbonyl (C=O) groups is 2. The first-order chi connectivity index (χ1) is 11.5. The summed E-state index contributed by atoms with van der Waals surface area (Å²) >= 11 is 6.08. The monoisotopic (exact) mass is 341 g/mol. The SMILES string of the molecule is O=C(O)c1ccc2c(c1)CN(C(=O)/C=C/c1ccccc1Cl)CC2. The quantitative estimate of drug-likeness (QED) is 0.867. The molecule has 0 unspecified atom stereocenters. The number of benzene rings is 2. The molecule has 0 aliphatic carbocycles. The molecular formula is C19H16ClNO3. The van der Waals surface area contributed by atoms with Crippen LogP contribution in [0.5, 0.6) is 0 Å². The Morgan fingerprint density at radius 3 is 2.67 bits per heavy atom. The lowest BCUT2D eigenvalue weighted by Gasteiger charge is -2.28. The maximum atomic E-state index is 12.4. The van der Waals surface area contributed by atoms with Crippen LogP contribution in [0.3, 0.4) is 0 Å². The summed E-state index contributed by atoms with van der Waals surface area (Å²) in [6.45, 7) is 1.03. The van der Waals surface area contributed by atoms with Gasteiger partial charge in [0.25, 0.3) is 0 Å². The molecule has 4 nitrogen and oxygen atoms in total. The van der Waals surface area contributed by atoms with E-state index in [9.17, 15) is 9.59 Å². The number of fused-ring (bicyclic) bond motifs is 1. The average Bonchev–Trinajstić information content (AvgIpc) is 2.59. The van der Waals surface area contributed by atoms with Gasteiger partial charge in [-0.1, -0.05) is 35.9 Å². The van der Waals surface area contributed by atoms with Gasteiger partial charge in [-0.15, -0.1) is 0 Å². The fourth-order valence-corrected chi connectivity index (χ4v) is 2.95. The van der Waals surface area contributed by atoms with Gasteiger partial charge in [0.15, 0.2) is 0 Å². The van der Waals surface area contributed by atoms with Gasteiger partial charge >= 0.3 is 5.97 Å². The summed E-state index contributed by atoms with van der Waals surface area (Å²) in [5.74, 6) is -1.07. The lowest BCUT2D eigenvalue weighted by Crippen LogP contribution is -2.34. The number of carboxylic acid groups (broad SMARTS) is 1. The van der Waals surface area contributed by atoms with E-state index in [0.717, 1.165) is 23.1 Å². The zero-order valence-electron chi connectivity index (χ0n) is 12.9. The van der Waals surface area contributed by atoms with Crippen molar-refractivity contribution in [3.63, 3.8) is 0 Å². The van der Waals surface area contributed by atoms with Crippen LogP contribution in [-0.4, -0.2) is 28.4 Å². The molecule has 0 bridgehead atoms. The average molecular weight is 342 g/mol. The highest BCUT2D eigenvalue weighted by Gasteiger charge is 2.20. The maximum Gasteiger partial charge on any atom is 0.335 e. The van der Waals surface area contributed by atoms with Gasteiger partial charge in [0.2, 0.25) is 5.91 Å². The number of halogens is 1. The number of hydrogen-bond donors (Lipinski definition) is 1. The summed E-state index contributed by atoms with van der Waals surface area (Å²) in [6, 6.07) is 12.4. The summed E-state index contributed by atoms with van der Waals surface area (Å²) in [7, 11) is 0. The first-order valence-electron chi connectivity index (χ1n) is 7.61. The molecule has 0 radical (unpaired) electrons. The summed E-state index contributed by atoms with van der Waals surface area (Å²) in [4.78, 5) is 25.2. The molecule has 24 heavy (non-hydrogen) atoms. The molecule has 1 aliphatic rings. The lowest BCUT2D eigenvalue weighted by molar-refractivity contribution is -0.126. The third kappa shape index (κ3) is 3.49. The second kappa shape index (κ2) is 6.89. The predicted molar refractivity (Wildman–Crippen MR) is 93.0 cm³/mol. The van der Waals surface area contributed by atoms with Crippen LogP contribution < -0.4 is 0 Å². The molecule has 0 saturated heterocycles. The lowest BCUT2D eigenvalue weighted by atomic mass is 9.97. The Kier molecular flexibility index (Phi) is 4.67. The summed E-state index contributed by atoms with van der Waals surface area (Å²) in [6.07, 6.45) is 3.93. The van der Waals surface area contributed by atoms with Crippen molar-refractivity contribution in [1.82, 2.24) is 4.90 Å². The summed E-state index contributed by atoms with van der Waals surface area (Å²) < 4.78 is 0. The second-order valence-corrected chi connectivity index (χ2v) is 6.06. The predicted octanol–water partition coefficient (Wildman–Crippen LogP) is 3.64. The molecular weight excluding hydrogens is 326 g/mol. The van der Waals surface area contributed by atoms with Crippen molar-refractivity contribution in [2.75, 3.05) is 6.54 Å². The van der Waals surface area contributed by atoms with Crippen molar-refractivity contribution < 1.29 is 14.7 Å². The van der Waals surface area contributed by atoms with Crippen molar-refractivity contribution in [2.24, 2.45) is 0 Å². The van der Waals surface area contributed by atoms with Crippen molar-refractivity contribution in [1.29, 1.82) is 0 Å². The number of amides is 1. The second-order valence-electron chi connectivity index (χ2n) is 5.65. The third-order valence-electron chi connectivity index (χ3n) is 4.09. The van der Waals surface area contributed by atoms with Gasteiger partial charge in [-0.05, 0) is 47.4 Å². The largest absolute Gasteiger partial charge is 0.478 e. The molecule has 2 aromatic rings.